The summed E-state index contributed by atoms with van der Waals surface area (Å²) in [5.41, 5.74) is 10.9. The zero-order valence-corrected chi connectivity index (χ0v) is 17.7. The predicted molar refractivity (Wildman–Crippen MR) is 116 cm³/mol. The molecule has 1 aliphatic carbocycles. The molecule has 30 heavy (non-hydrogen) atoms. The van der Waals surface area contributed by atoms with Gasteiger partial charge in [-0.15, -0.1) is 0 Å². The van der Waals surface area contributed by atoms with Gasteiger partial charge in [-0.1, -0.05) is 6.07 Å². The summed E-state index contributed by atoms with van der Waals surface area (Å²) < 4.78 is 22.4. The van der Waals surface area contributed by atoms with Crippen molar-refractivity contribution in [2.45, 2.75) is 18.9 Å². The van der Waals surface area contributed by atoms with E-state index in [-0.39, 0.29) is 11.5 Å². The lowest BCUT2D eigenvalue weighted by molar-refractivity contribution is 0.122. The normalized spacial score (nSPS) is 18.1. The molecule has 1 atom stereocenters. The number of aryl methyl sites for hydroxylation is 1. The standard InChI is InChI=1S/C23H28N2O5/c1-27-20-12-14-4-6-17(24)16-13-19(26)18(25-8-10-30-11-9-25)7-5-15(16)21(14)23(29-3)22(20)28-2/h5,7,12-13,17H,4,6,8-11,24H2,1-3H3/t17-/m0/s1. The van der Waals surface area contributed by atoms with Gasteiger partial charge in [0.2, 0.25) is 11.2 Å². The van der Waals surface area contributed by atoms with Crippen LogP contribution in [0.4, 0.5) is 5.69 Å². The average molecular weight is 412 g/mol. The van der Waals surface area contributed by atoms with Gasteiger partial charge in [0.25, 0.3) is 0 Å². The maximum absolute atomic E-state index is 13.1. The van der Waals surface area contributed by atoms with Crippen molar-refractivity contribution in [3.05, 3.63) is 45.6 Å². The summed E-state index contributed by atoms with van der Waals surface area (Å²) in [6.45, 7) is 2.62. The number of nitrogens with two attached hydrogens (primary N) is 1. The third kappa shape index (κ3) is 3.48. The number of fused-ring (bicyclic) bond motifs is 3. The monoisotopic (exact) mass is 412 g/mol. The van der Waals surface area contributed by atoms with Crippen molar-refractivity contribution < 1.29 is 18.9 Å². The van der Waals surface area contributed by atoms with Gasteiger partial charge in [0.05, 0.1) is 40.2 Å². The van der Waals surface area contributed by atoms with Crippen LogP contribution in [0, 0.1) is 0 Å². The Morgan fingerprint density at radius 1 is 1.03 bits per heavy atom. The molecule has 2 aliphatic rings. The fourth-order valence-electron chi connectivity index (χ4n) is 4.40. The summed E-state index contributed by atoms with van der Waals surface area (Å²) in [4.78, 5) is 15.2. The van der Waals surface area contributed by atoms with Gasteiger partial charge in [-0.05, 0) is 47.7 Å². The smallest absolute Gasteiger partial charge is 0.203 e. The molecule has 7 nitrogen and oxygen atoms in total. The highest BCUT2D eigenvalue weighted by Gasteiger charge is 2.28. The number of rotatable bonds is 4. The van der Waals surface area contributed by atoms with Crippen molar-refractivity contribution in [1.29, 1.82) is 0 Å². The van der Waals surface area contributed by atoms with Crippen molar-refractivity contribution in [2.24, 2.45) is 5.73 Å². The van der Waals surface area contributed by atoms with Crippen LogP contribution < -0.4 is 30.3 Å². The van der Waals surface area contributed by atoms with Crippen LogP contribution in [0.25, 0.3) is 11.1 Å². The van der Waals surface area contributed by atoms with Crippen molar-refractivity contribution >= 4 is 5.69 Å². The Labute approximate surface area is 176 Å². The highest BCUT2D eigenvalue weighted by atomic mass is 16.5. The Kier molecular flexibility index (Phi) is 5.83. The SMILES string of the molecule is COc1cc2c(c(OC)c1OC)-c1ccc(N3CCOCC3)c(=O)cc1[C@@H](N)CC2. The molecule has 1 heterocycles. The van der Waals surface area contributed by atoms with E-state index >= 15 is 0 Å². The van der Waals surface area contributed by atoms with Gasteiger partial charge in [0, 0.05) is 24.7 Å². The molecule has 0 bridgehead atoms. The molecule has 0 unspecified atom stereocenters. The van der Waals surface area contributed by atoms with Crippen molar-refractivity contribution in [1.82, 2.24) is 0 Å². The Morgan fingerprint density at radius 3 is 2.43 bits per heavy atom. The Balaban J connectivity index is 1.98. The second kappa shape index (κ2) is 8.53. The van der Waals surface area contributed by atoms with Crippen molar-refractivity contribution in [2.75, 3.05) is 52.5 Å². The number of anilines is 1. The van der Waals surface area contributed by atoms with Gasteiger partial charge in [-0.3, -0.25) is 4.79 Å². The van der Waals surface area contributed by atoms with Gasteiger partial charge < -0.3 is 29.6 Å². The first-order chi connectivity index (χ1) is 14.6. The summed E-state index contributed by atoms with van der Waals surface area (Å²) >= 11 is 0. The van der Waals surface area contributed by atoms with Gasteiger partial charge in [0.1, 0.15) is 0 Å². The number of methoxy groups -OCH3 is 3. The molecule has 0 amide bonds. The van der Waals surface area contributed by atoms with Crippen LogP contribution in [-0.2, 0) is 11.2 Å². The Hall–Kier alpha value is -2.77. The molecule has 1 saturated heterocycles. The molecular formula is C23H28N2O5. The topological polar surface area (TPSA) is 83.2 Å². The van der Waals surface area contributed by atoms with E-state index < -0.39 is 0 Å². The molecule has 7 heteroatoms. The summed E-state index contributed by atoms with van der Waals surface area (Å²) in [5.74, 6) is 1.74. The summed E-state index contributed by atoms with van der Waals surface area (Å²) in [6.07, 6.45) is 1.46. The number of benzene rings is 1. The molecule has 0 aromatic heterocycles. The number of morpholine rings is 1. The fraction of sp³-hybridized carbons (Fsp3) is 0.435. The lowest BCUT2D eigenvalue weighted by atomic mass is 9.95. The maximum Gasteiger partial charge on any atom is 0.203 e. The first kappa shape index (κ1) is 20.5. The highest BCUT2D eigenvalue weighted by Crippen LogP contribution is 2.49. The minimum atomic E-state index is -0.258. The molecule has 4 rings (SSSR count). The summed E-state index contributed by atoms with van der Waals surface area (Å²) in [7, 11) is 4.81. The number of nitrogens with zero attached hydrogens (tertiary/aromatic N) is 1. The third-order valence-electron chi connectivity index (χ3n) is 5.91. The lowest BCUT2D eigenvalue weighted by Gasteiger charge is -2.27. The molecule has 2 aromatic rings. The number of hydrogen-bond donors (Lipinski definition) is 1. The van der Waals surface area contributed by atoms with Crippen LogP contribution in [0.1, 0.15) is 23.6 Å². The van der Waals surface area contributed by atoms with E-state index in [1.54, 1.807) is 27.4 Å². The second-order valence-corrected chi connectivity index (χ2v) is 7.52. The van der Waals surface area contributed by atoms with Gasteiger partial charge in [-0.25, -0.2) is 0 Å². The predicted octanol–water partition coefficient (Wildman–Crippen LogP) is 2.52. The largest absolute Gasteiger partial charge is 0.493 e. The fourth-order valence-corrected chi connectivity index (χ4v) is 4.40. The lowest BCUT2D eigenvalue weighted by Crippen LogP contribution is -2.38. The van der Waals surface area contributed by atoms with Crippen LogP contribution in [0.5, 0.6) is 17.2 Å². The Bertz CT molecular complexity index is 1000. The summed E-state index contributed by atoms with van der Waals surface area (Å²) in [5, 5.41) is 0. The first-order valence-corrected chi connectivity index (χ1v) is 10.2. The minimum Gasteiger partial charge on any atom is -0.493 e. The highest BCUT2D eigenvalue weighted by molar-refractivity contribution is 5.83. The van der Waals surface area contributed by atoms with Crippen molar-refractivity contribution in [3.8, 4) is 28.4 Å². The zero-order valence-electron chi connectivity index (χ0n) is 17.7. The van der Waals surface area contributed by atoms with E-state index in [2.05, 4.69) is 4.90 Å². The first-order valence-electron chi connectivity index (χ1n) is 10.2. The van der Waals surface area contributed by atoms with E-state index in [1.807, 2.05) is 18.2 Å². The number of ether oxygens (including phenoxy) is 4. The molecule has 160 valence electrons. The Morgan fingerprint density at radius 2 is 1.77 bits per heavy atom. The molecule has 0 saturated carbocycles. The van der Waals surface area contributed by atoms with Crippen LogP contribution in [0.15, 0.2) is 29.1 Å². The molecule has 2 aromatic carbocycles. The maximum atomic E-state index is 13.1. The molecule has 1 fully saturated rings. The molecule has 1 aliphatic heterocycles. The molecule has 2 N–H and O–H groups in total. The quantitative estimate of drug-likeness (QED) is 0.826. The van der Waals surface area contributed by atoms with E-state index in [9.17, 15) is 4.79 Å². The number of hydrogen-bond acceptors (Lipinski definition) is 7. The van der Waals surface area contributed by atoms with E-state index in [1.165, 1.54) is 0 Å². The van der Waals surface area contributed by atoms with Gasteiger partial charge in [-0.2, -0.15) is 0 Å². The average Bonchev–Trinajstić information content (AvgIpc) is 3.02. The molecule has 0 radical (unpaired) electrons. The third-order valence-corrected chi connectivity index (χ3v) is 5.91. The second-order valence-electron chi connectivity index (χ2n) is 7.52. The molecule has 0 spiro atoms. The van der Waals surface area contributed by atoms with E-state index in [0.29, 0.717) is 49.2 Å². The zero-order chi connectivity index (χ0) is 21.3. The van der Waals surface area contributed by atoms with Crippen LogP contribution in [0.3, 0.4) is 0 Å². The van der Waals surface area contributed by atoms with Crippen LogP contribution >= 0.6 is 0 Å². The van der Waals surface area contributed by atoms with Crippen molar-refractivity contribution in [3.63, 3.8) is 0 Å². The van der Waals surface area contributed by atoms with Gasteiger partial charge >= 0.3 is 0 Å². The van der Waals surface area contributed by atoms with Gasteiger partial charge in [0.15, 0.2) is 11.5 Å². The van der Waals surface area contributed by atoms with E-state index in [4.69, 9.17) is 24.7 Å². The summed E-state index contributed by atoms with van der Waals surface area (Å²) in [6, 6.07) is 7.29. The van der Waals surface area contributed by atoms with E-state index in [0.717, 1.165) is 35.1 Å². The minimum absolute atomic E-state index is 0.0310. The van der Waals surface area contributed by atoms with Crippen LogP contribution in [0.2, 0.25) is 0 Å². The molecular weight excluding hydrogens is 384 g/mol. The van der Waals surface area contributed by atoms with Crippen LogP contribution in [-0.4, -0.2) is 47.6 Å².